The lowest BCUT2D eigenvalue weighted by Gasteiger charge is -2.19. The van der Waals surface area contributed by atoms with Crippen LogP contribution in [0.3, 0.4) is 0 Å². The predicted octanol–water partition coefficient (Wildman–Crippen LogP) is 1.59. The van der Waals surface area contributed by atoms with Gasteiger partial charge in [-0.15, -0.1) is 0 Å². The molecule has 0 saturated heterocycles. The monoisotopic (exact) mass is 235 g/mol. The van der Waals surface area contributed by atoms with E-state index in [1.165, 1.54) is 0 Å². The fraction of sp³-hybridized carbons (Fsp3) is 0.417. The Morgan fingerprint density at radius 3 is 2.71 bits per heavy atom. The third-order valence-electron chi connectivity index (χ3n) is 2.21. The molecule has 3 N–H and O–H groups in total. The molecule has 0 radical (unpaired) electrons. The number of fused-ring (bicyclic) bond motifs is 1. The molecule has 0 aliphatic carbocycles. The number of nitrogens with one attached hydrogen (secondary N) is 1. The van der Waals surface area contributed by atoms with Crippen molar-refractivity contribution in [2.24, 2.45) is 10.7 Å². The molecule has 5 nitrogen and oxygen atoms in total. The van der Waals surface area contributed by atoms with E-state index < -0.39 is 0 Å². The molecule has 1 aliphatic heterocycles. The summed E-state index contributed by atoms with van der Waals surface area (Å²) in [4.78, 5) is 4.20. The number of guanidine groups is 1. The highest BCUT2D eigenvalue weighted by Gasteiger charge is 2.11. The lowest BCUT2D eigenvalue weighted by atomic mass is 10.2. The maximum Gasteiger partial charge on any atom is 0.193 e. The van der Waals surface area contributed by atoms with Crippen LogP contribution < -0.4 is 20.5 Å². The number of anilines is 1. The summed E-state index contributed by atoms with van der Waals surface area (Å²) in [5.41, 5.74) is 6.59. The van der Waals surface area contributed by atoms with Gasteiger partial charge in [-0.2, -0.15) is 0 Å². The molecular formula is C12H17N3O2. The molecule has 1 aliphatic rings. The van der Waals surface area contributed by atoms with Crippen molar-refractivity contribution in [1.29, 1.82) is 0 Å². The summed E-state index contributed by atoms with van der Waals surface area (Å²) in [7, 11) is 0. The number of rotatable bonds is 2. The molecule has 0 unspecified atom stereocenters. The first-order valence-corrected chi connectivity index (χ1v) is 5.65. The van der Waals surface area contributed by atoms with Crippen molar-refractivity contribution < 1.29 is 9.47 Å². The second kappa shape index (κ2) is 4.95. The Kier molecular flexibility index (Phi) is 3.37. The van der Waals surface area contributed by atoms with Crippen LogP contribution in [0.25, 0.3) is 0 Å². The quantitative estimate of drug-likeness (QED) is 0.603. The van der Waals surface area contributed by atoms with E-state index in [1.807, 2.05) is 32.0 Å². The standard InChI is InChI=1S/C12H17N3O2/c1-8(2)14-12(13)15-9-3-4-10-11(7-9)17-6-5-16-10/h3-4,7-8H,5-6H2,1-2H3,(H3,13,14,15). The first-order chi connectivity index (χ1) is 8.15. The minimum atomic E-state index is 0.166. The molecule has 1 aromatic carbocycles. The fourth-order valence-electron chi connectivity index (χ4n) is 1.58. The smallest absolute Gasteiger partial charge is 0.193 e. The third kappa shape index (κ3) is 3.03. The summed E-state index contributed by atoms with van der Waals surface area (Å²) < 4.78 is 10.9. The molecule has 0 atom stereocenters. The average Bonchev–Trinajstić information content (AvgIpc) is 2.27. The van der Waals surface area contributed by atoms with Gasteiger partial charge in [-0.05, 0) is 26.0 Å². The van der Waals surface area contributed by atoms with E-state index in [9.17, 15) is 0 Å². The summed E-state index contributed by atoms with van der Waals surface area (Å²) in [5, 5.41) is 3.02. The zero-order chi connectivity index (χ0) is 12.3. The molecule has 0 fully saturated rings. The Morgan fingerprint density at radius 1 is 1.29 bits per heavy atom. The first-order valence-electron chi connectivity index (χ1n) is 5.65. The van der Waals surface area contributed by atoms with Crippen molar-refractivity contribution >= 4 is 11.6 Å². The van der Waals surface area contributed by atoms with Crippen molar-refractivity contribution in [3.05, 3.63) is 18.2 Å². The molecule has 2 rings (SSSR count). The van der Waals surface area contributed by atoms with E-state index in [2.05, 4.69) is 10.3 Å². The van der Waals surface area contributed by atoms with Gasteiger partial charge in [0.15, 0.2) is 17.5 Å². The van der Waals surface area contributed by atoms with Gasteiger partial charge < -0.3 is 20.5 Å². The molecule has 92 valence electrons. The van der Waals surface area contributed by atoms with Crippen molar-refractivity contribution in [2.75, 3.05) is 18.5 Å². The van der Waals surface area contributed by atoms with E-state index in [0.29, 0.717) is 19.2 Å². The van der Waals surface area contributed by atoms with Crippen LogP contribution in [0, 0.1) is 0 Å². The van der Waals surface area contributed by atoms with Gasteiger partial charge >= 0.3 is 0 Å². The fourth-order valence-corrected chi connectivity index (χ4v) is 1.58. The van der Waals surface area contributed by atoms with Gasteiger partial charge in [-0.3, -0.25) is 4.99 Å². The van der Waals surface area contributed by atoms with Gasteiger partial charge in [-0.25, -0.2) is 0 Å². The number of hydrogen-bond donors (Lipinski definition) is 2. The molecule has 1 heterocycles. The maximum atomic E-state index is 5.75. The SMILES string of the molecule is CC(C)N=C(N)Nc1ccc2c(c1)OCCO2. The molecule has 0 aromatic heterocycles. The molecule has 1 aromatic rings. The Balaban J connectivity index is 2.12. The van der Waals surface area contributed by atoms with Gasteiger partial charge in [0.05, 0.1) is 0 Å². The van der Waals surface area contributed by atoms with E-state index >= 15 is 0 Å². The van der Waals surface area contributed by atoms with Crippen LogP contribution >= 0.6 is 0 Å². The van der Waals surface area contributed by atoms with Crippen molar-refractivity contribution in [1.82, 2.24) is 0 Å². The van der Waals surface area contributed by atoms with Crippen molar-refractivity contribution in [3.8, 4) is 11.5 Å². The lowest BCUT2D eigenvalue weighted by molar-refractivity contribution is 0.171. The average molecular weight is 235 g/mol. The molecule has 0 amide bonds. The predicted molar refractivity (Wildman–Crippen MR) is 67.8 cm³/mol. The second-order valence-electron chi connectivity index (χ2n) is 4.09. The third-order valence-corrected chi connectivity index (χ3v) is 2.21. The Morgan fingerprint density at radius 2 is 2.00 bits per heavy atom. The van der Waals surface area contributed by atoms with Gasteiger partial charge in [0.25, 0.3) is 0 Å². The van der Waals surface area contributed by atoms with Crippen LogP contribution in [0.5, 0.6) is 11.5 Å². The maximum absolute atomic E-state index is 5.75. The van der Waals surface area contributed by atoms with Crippen LogP contribution in [0.1, 0.15) is 13.8 Å². The zero-order valence-electron chi connectivity index (χ0n) is 10.1. The highest BCUT2D eigenvalue weighted by atomic mass is 16.6. The highest BCUT2D eigenvalue weighted by Crippen LogP contribution is 2.32. The number of aliphatic imine (C=N–C) groups is 1. The summed E-state index contributed by atoms with van der Waals surface area (Å²) in [6.07, 6.45) is 0. The largest absolute Gasteiger partial charge is 0.486 e. The lowest BCUT2D eigenvalue weighted by Crippen LogP contribution is -2.24. The molecule has 0 spiro atoms. The van der Waals surface area contributed by atoms with Crippen molar-refractivity contribution in [2.45, 2.75) is 19.9 Å². The van der Waals surface area contributed by atoms with Crippen LogP contribution in [0.4, 0.5) is 5.69 Å². The number of benzene rings is 1. The van der Waals surface area contributed by atoms with Gasteiger partial charge in [-0.1, -0.05) is 0 Å². The topological polar surface area (TPSA) is 68.9 Å². The van der Waals surface area contributed by atoms with Crippen LogP contribution in [0.2, 0.25) is 0 Å². The first kappa shape index (κ1) is 11.6. The van der Waals surface area contributed by atoms with Gasteiger partial charge in [0.1, 0.15) is 13.2 Å². The minimum absolute atomic E-state index is 0.166. The van der Waals surface area contributed by atoms with Crippen molar-refractivity contribution in [3.63, 3.8) is 0 Å². The zero-order valence-corrected chi connectivity index (χ0v) is 10.1. The molecule has 5 heteroatoms. The number of nitrogens with zero attached hydrogens (tertiary/aromatic N) is 1. The minimum Gasteiger partial charge on any atom is -0.486 e. The van der Waals surface area contributed by atoms with Crippen LogP contribution in [-0.4, -0.2) is 25.2 Å². The molecule has 17 heavy (non-hydrogen) atoms. The molecule has 0 saturated carbocycles. The molecule has 0 bridgehead atoms. The Labute approximate surface area is 101 Å². The number of nitrogens with two attached hydrogens (primary N) is 1. The molecular weight excluding hydrogens is 218 g/mol. The van der Waals surface area contributed by atoms with Crippen LogP contribution in [-0.2, 0) is 0 Å². The second-order valence-corrected chi connectivity index (χ2v) is 4.09. The highest BCUT2D eigenvalue weighted by molar-refractivity contribution is 5.92. The number of ether oxygens (including phenoxy) is 2. The van der Waals surface area contributed by atoms with E-state index in [4.69, 9.17) is 15.2 Å². The van der Waals surface area contributed by atoms with E-state index in [1.54, 1.807) is 0 Å². The Hall–Kier alpha value is -1.91. The van der Waals surface area contributed by atoms with Crippen LogP contribution in [0.15, 0.2) is 23.2 Å². The summed E-state index contributed by atoms with van der Waals surface area (Å²) in [5.74, 6) is 1.90. The number of hydrogen-bond acceptors (Lipinski definition) is 3. The summed E-state index contributed by atoms with van der Waals surface area (Å²) >= 11 is 0. The normalized spacial score (nSPS) is 14.9. The Bertz CT molecular complexity index is 430. The van der Waals surface area contributed by atoms with E-state index in [-0.39, 0.29) is 6.04 Å². The summed E-state index contributed by atoms with van der Waals surface area (Å²) in [6, 6.07) is 5.77. The van der Waals surface area contributed by atoms with E-state index in [0.717, 1.165) is 17.2 Å². The van der Waals surface area contributed by atoms with Gasteiger partial charge in [0.2, 0.25) is 0 Å². The summed E-state index contributed by atoms with van der Waals surface area (Å²) in [6.45, 7) is 5.11. The van der Waals surface area contributed by atoms with Gasteiger partial charge in [0, 0.05) is 17.8 Å².